The predicted molar refractivity (Wildman–Crippen MR) is 29.8 cm³/mol. The van der Waals surface area contributed by atoms with Gasteiger partial charge in [0, 0.05) is 0 Å². The molecule has 0 atom stereocenters. The van der Waals surface area contributed by atoms with Crippen LogP contribution in [0, 0.1) is 0 Å². The number of ether oxygens (including phenoxy) is 1. The first-order valence-electron chi connectivity index (χ1n) is 2.70. The molecule has 0 aliphatic carbocycles. The molecule has 0 unspecified atom stereocenters. The normalized spacial score (nSPS) is 12.5. The van der Waals surface area contributed by atoms with Crippen LogP contribution in [0.4, 0.5) is 0 Å². The molecule has 0 aromatic rings. The van der Waals surface area contributed by atoms with Crippen molar-refractivity contribution in [2.75, 3.05) is 6.79 Å². The van der Waals surface area contributed by atoms with Crippen LogP contribution in [-0.2, 0) is 13.8 Å². The zero-order valence-corrected chi connectivity index (χ0v) is 6.67. The van der Waals surface area contributed by atoms with Crippen molar-refractivity contribution in [3.05, 3.63) is 0 Å². The minimum atomic E-state index is -4.85. The van der Waals surface area contributed by atoms with E-state index in [9.17, 15) is 14.4 Å². The van der Waals surface area contributed by atoms with Crippen LogP contribution in [0.2, 0.25) is 0 Å². The van der Waals surface area contributed by atoms with Crippen molar-refractivity contribution in [1.29, 1.82) is 0 Å². The van der Waals surface area contributed by atoms with Gasteiger partial charge in [-0.15, -0.1) is 0 Å². The standard InChI is InChI=1S/C4H11O5P/c1-4(2)8-3-9-10(5,6)7/h4H,3H2,1-2H3,(H2,5,6,7)/p-2. The third-order valence-electron chi connectivity index (χ3n) is 0.612. The van der Waals surface area contributed by atoms with Gasteiger partial charge in [0.1, 0.15) is 0 Å². The van der Waals surface area contributed by atoms with Crippen LogP contribution in [0.25, 0.3) is 0 Å². The summed E-state index contributed by atoms with van der Waals surface area (Å²) in [6.45, 7) is 2.90. The van der Waals surface area contributed by atoms with E-state index in [1.807, 2.05) is 0 Å². The van der Waals surface area contributed by atoms with Crippen LogP contribution in [0.5, 0.6) is 0 Å². The highest BCUT2D eigenvalue weighted by Crippen LogP contribution is 2.23. The van der Waals surface area contributed by atoms with Gasteiger partial charge in [0.05, 0.1) is 13.9 Å². The molecule has 0 aliphatic rings. The van der Waals surface area contributed by atoms with Crippen LogP contribution in [0.1, 0.15) is 13.8 Å². The van der Waals surface area contributed by atoms with Gasteiger partial charge in [-0.2, -0.15) is 0 Å². The van der Waals surface area contributed by atoms with Gasteiger partial charge >= 0.3 is 0 Å². The highest BCUT2D eigenvalue weighted by Gasteiger charge is 1.93. The predicted octanol–water partition coefficient (Wildman–Crippen LogP) is -0.786. The molecule has 5 nitrogen and oxygen atoms in total. The summed E-state index contributed by atoms with van der Waals surface area (Å²) in [6.07, 6.45) is -0.147. The van der Waals surface area contributed by atoms with Gasteiger partial charge in [-0.1, -0.05) is 0 Å². The quantitative estimate of drug-likeness (QED) is 0.406. The first-order valence-corrected chi connectivity index (χ1v) is 4.16. The van der Waals surface area contributed by atoms with Crippen LogP contribution >= 0.6 is 7.82 Å². The van der Waals surface area contributed by atoms with E-state index in [1.54, 1.807) is 13.8 Å². The van der Waals surface area contributed by atoms with Crippen LogP contribution in [0.3, 0.4) is 0 Å². The molecule has 0 rings (SSSR count). The SMILES string of the molecule is CC(C)OCOP(=O)([O-])[O-]. The van der Waals surface area contributed by atoms with E-state index >= 15 is 0 Å². The van der Waals surface area contributed by atoms with E-state index in [-0.39, 0.29) is 6.10 Å². The van der Waals surface area contributed by atoms with E-state index in [4.69, 9.17) is 0 Å². The summed E-state index contributed by atoms with van der Waals surface area (Å²) >= 11 is 0. The Morgan fingerprint density at radius 1 is 1.50 bits per heavy atom. The molecule has 0 saturated carbocycles. The monoisotopic (exact) mass is 168 g/mol. The second kappa shape index (κ2) is 4.05. The second-order valence-corrected chi connectivity index (χ2v) is 3.06. The minimum Gasteiger partial charge on any atom is -0.790 e. The second-order valence-electron chi connectivity index (χ2n) is 1.91. The van der Waals surface area contributed by atoms with E-state index in [1.165, 1.54) is 0 Å². The molecule has 0 bridgehead atoms. The molecule has 0 fully saturated rings. The van der Waals surface area contributed by atoms with Gasteiger partial charge in [-0.3, -0.25) is 0 Å². The van der Waals surface area contributed by atoms with Crippen LogP contribution in [0.15, 0.2) is 0 Å². The highest BCUT2D eigenvalue weighted by atomic mass is 31.2. The van der Waals surface area contributed by atoms with Crippen molar-refractivity contribution >= 4 is 7.82 Å². The lowest BCUT2D eigenvalue weighted by molar-refractivity contribution is -0.346. The summed E-state index contributed by atoms with van der Waals surface area (Å²) in [5, 5.41) is 0. The zero-order valence-electron chi connectivity index (χ0n) is 5.77. The summed E-state index contributed by atoms with van der Waals surface area (Å²) in [7, 11) is -4.85. The molecule has 10 heavy (non-hydrogen) atoms. The Bertz CT molecular complexity index is 128. The number of hydrogen-bond donors (Lipinski definition) is 0. The maximum Gasteiger partial charge on any atom is 0.151 e. The van der Waals surface area contributed by atoms with Crippen molar-refractivity contribution in [3.8, 4) is 0 Å². The molecule has 0 heterocycles. The van der Waals surface area contributed by atoms with Gasteiger partial charge < -0.3 is 23.6 Å². The maximum absolute atomic E-state index is 9.78. The number of phosphoric acid groups is 1. The molecular weight excluding hydrogens is 159 g/mol. The van der Waals surface area contributed by atoms with Gasteiger partial charge in [-0.05, 0) is 13.8 Å². The van der Waals surface area contributed by atoms with Gasteiger partial charge in [-0.25, -0.2) is 0 Å². The van der Waals surface area contributed by atoms with Crippen molar-refractivity contribution in [3.63, 3.8) is 0 Å². The smallest absolute Gasteiger partial charge is 0.151 e. The average molecular weight is 168 g/mol. The Labute approximate surface area is 59.2 Å². The number of phosphoric ester groups is 1. The van der Waals surface area contributed by atoms with E-state index in [2.05, 4.69) is 9.26 Å². The number of hydrogen-bond acceptors (Lipinski definition) is 5. The molecule has 0 aromatic heterocycles. The molecule has 0 amide bonds. The molecule has 0 aliphatic heterocycles. The maximum atomic E-state index is 9.78. The first-order chi connectivity index (χ1) is 4.42. The van der Waals surface area contributed by atoms with Crippen molar-refractivity contribution < 1.29 is 23.6 Å². The van der Waals surface area contributed by atoms with E-state index in [0.717, 1.165) is 0 Å². The Hall–Kier alpha value is 0.0700. The Morgan fingerprint density at radius 2 is 2.00 bits per heavy atom. The Balaban J connectivity index is 3.30. The van der Waals surface area contributed by atoms with Crippen molar-refractivity contribution in [1.82, 2.24) is 0 Å². The summed E-state index contributed by atoms with van der Waals surface area (Å²) in [5.41, 5.74) is 0. The summed E-state index contributed by atoms with van der Waals surface area (Å²) in [5.74, 6) is 0. The Morgan fingerprint density at radius 3 is 2.30 bits per heavy atom. The molecule has 6 heteroatoms. The molecule has 0 radical (unpaired) electrons. The molecule has 0 spiro atoms. The highest BCUT2D eigenvalue weighted by molar-refractivity contribution is 7.43. The lowest BCUT2D eigenvalue weighted by Gasteiger charge is -2.28. The Kier molecular flexibility index (Phi) is 4.08. The molecule has 62 valence electrons. The minimum absolute atomic E-state index is 0.147. The molecule has 0 aromatic carbocycles. The summed E-state index contributed by atoms with van der Waals surface area (Å²) in [4.78, 5) is 19.6. The van der Waals surface area contributed by atoms with Crippen molar-refractivity contribution in [2.45, 2.75) is 20.0 Å². The number of rotatable bonds is 4. The van der Waals surface area contributed by atoms with E-state index < -0.39 is 14.6 Å². The lowest BCUT2D eigenvalue weighted by atomic mass is 10.5. The zero-order chi connectivity index (χ0) is 8.20. The molecule has 0 N–H and O–H groups in total. The van der Waals surface area contributed by atoms with E-state index in [0.29, 0.717) is 0 Å². The van der Waals surface area contributed by atoms with Crippen molar-refractivity contribution in [2.24, 2.45) is 0 Å². The van der Waals surface area contributed by atoms with Gasteiger partial charge in [0.25, 0.3) is 0 Å². The van der Waals surface area contributed by atoms with Crippen LogP contribution in [-0.4, -0.2) is 12.9 Å². The summed E-state index contributed by atoms with van der Waals surface area (Å²) < 4.78 is 18.2. The third-order valence-corrected chi connectivity index (χ3v) is 1.03. The van der Waals surface area contributed by atoms with Gasteiger partial charge in [0.15, 0.2) is 6.79 Å². The molecule has 0 saturated heterocycles. The molecular formula is C4H9O5P-2. The fraction of sp³-hybridized carbons (Fsp3) is 1.00. The summed E-state index contributed by atoms with van der Waals surface area (Å²) in [6, 6.07) is 0. The lowest BCUT2D eigenvalue weighted by Crippen LogP contribution is -2.18. The largest absolute Gasteiger partial charge is 0.790 e. The van der Waals surface area contributed by atoms with Crippen LogP contribution < -0.4 is 9.79 Å². The topological polar surface area (TPSA) is 81.7 Å². The first kappa shape index (κ1) is 10.1. The van der Waals surface area contributed by atoms with Gasteiger partial charge in [0.2, 0.25) is 0 Å². The fourth-order valence-electron chi connectivity index (χ4n) is 0.231. The third kappa shape index (κ3) is 8.07. The average Bonchev–Trinajstić information content (AvgIpc) is 1.59. The fourth-order valence-corrected chi connectivity index (χ4v) is 0.421.